The van der Waals surface area contributed by atoms with Gasteiger partial charge >= 0.3 is 0 Å². The number of anilines is 1. The molecule has 0 atom stereocenters. The Morgan fingerprint density at radius 1 is 1.17 bits per heavy atom. The number of halogens is 1. The average Bonchev–Trinajstić information content (AvgIpc) is 2.28. The molecule has 1 rings (SSSR count). The van der Waals surface area contributed by atoms with Crippen LogP contribution in [0, 0.1) is 0 Å². The standard InChI is InChI=1S/C12H18BrNO3S/c13-10-5-6-12(11(14)9-10)18(16,17)8-4-2-1-3-7-15/h5-6,9,15H,1-4,7-8,14H2. The number of nitrogen functional groups attached to an aromatic ring is 1. The van der Waals surface area contributed by atoms with E-state index in [9.17, 15) is 8.42 Å². The highest BCUT2D eigenvalue weighted by atomic mass is 79.9. The minimum Gasteiger partial charge on any atom is -0.398 e. The molecule has 0 aromatic heterocycles. The first-order chi connectivity index (χ1) is 8.47. The molecule has 0 amide bonds. The molecule has 0 fully saturated rings. The first-order valence-corrected chi connectivity index (χ1v) is 8.30. The Morgan fingerprint density at radius 2 is 1.83 bits per heavy atom. The van der Waals surface area contributed by atoms with Gasteiger partial charge in [-0.05, 0) is 31.0 Å². The fourth-order valence-electron chi connectivity index (χ4n) is 1.67. The Bertz CT molecular complexity index is 488. The maximum Gasteiger partial charge on any atom is 0.180 e. The van der Waals surface area contributed by atoms with Crippen molar-refractivity contribution in [3.63, 3.8) is 0 Å². The van der Waals surface area contributed by atoms with Crippen molar-refractivity contribution in [1.82, 2.24) is 0 Å². The molecule has 0 aliphatic rings. The number of hydrogen-bond acceptors (Lipinski definition) is 4. The second kappa shape index (κ2) is 7.11. The van der Waals surface area contributed by atoms with Crippen LogP contribution in [0.1, 0.15) is 25.7 Å². The van der Waals surface area contributed by atoms with Crippen molar-refractivity contribution >= 4 is 31.5 Å². The second-order valence-corrected chi connectivity index (χ2v) is 7.13. The predicted molar refractivity (Wildman–Crippen MR) is 76.2 cm³/mol. The lowest BCUT2D eigenvalue weighted by Crippen LogP contribution is -2.09. The minimum absolute atomic E-state index is 0.101. The zero-order chi connectivity index (χ0) is 13.6. The van der Waals surface area contributed by atoms with E-state index in [4.69, 9.17) is 10.8 Å². The molecule has 0 heterocycles. The van der Waals surface area contributed by atoms with Crippen LogP contribution >= 0.6 is 15.9 Å². The quantitative estimate of drug-likeness (QED) is 0.592. The molecule has 0 bridgehead atoms. The van der Waals surface area contributed by atoms with Crippen molar-refractivity contribution < 1.29 is 13.5 Å². The molecule has 0 unspecified atom stereocenters. The van der Waals surface area contributed by atoms with Gasteiger partial charge in [-0.15, -0.1) is 0 Å². The zero-order valence-electron chi connectivity index (χ0n) is 10.1. The summed E-state index contributed by atoms with van der Waals surface area (Å²) >= 11 is 3.25. The Hall–Kier alpha value is -0.590. The van der Waals surface area contributed by atoms with Gasteiger partial charge in [0.15, 0.2) is 9.84 Å². The average molecular weight is 336 g/mol. The van der Waals surface area contributed by atoms with Crippen LogP contribution in [0.5, 0.6) is 0 Å². The van der Waals surface area contributed by atoms with Crippen LogP contribution in [0.3, 0.4) is 0 Å². The van der Waals surface area contributed by atoms with E-state index in [2.05, 4.69) is 15.9 Å². The van der Waals surface area contributed by atoms with Crippen molar-refractivity contribution in [2.24, 2.45) is 0 Å². The fourth-order valence-corrected chi connectivity index (χ4v) is 3.55. The van der Waals surface area contributed by atoms with Crippen LogP contribution in [0.25, 0.3) is 0 Å². The van der Waals surface area contributed by atoms with Crippen molar-refractivity contribution in [2.45, 2.75) is 30.6 Å². The van der Waals surface area contributed by atoms with E-state index in [0.29, 0.717) is 6.42 Å². The van der Waals surface area contributed by atoms with E-state index in [1.807, 2.05) is 0 Å². The number of rotatable bonds is 7. The van der Waals surface area contributed by atoms with E-state index >= 15 is 0 Å². The minimum atomic E-state index is -3.30. The molecule has 0 radical (unpaired) electrons. The van der Waals surface area contributed by atoms with Gasteiger partial charge < -0.3 is 10.8 Å². The summed E-state index contributed by atoms with van der Waals surface area (Å²) < 4.78 is 24.9. The molecule has 4 nitrogen and oxygen atoms in total. The molecule has 102 valence electrons. The molecule has 1 aromatic carbocycles. The van der Waals surface area contributed by atoms with Gasteiger partial charge in [-0.25, -0.2) is 8.42 Å². The van der Waals surface area contributed by atoms with Gasteiger partial charge in [-0.2, -0.15) is 0 Å². The Balaban J connectivity index is 2.63. The zero-order valence-corrected chi connectivity index (χ0v) is 12.5. The molecular formula is C12H18BrNO3S. The third-order valence-electron chi connectivity index (χ3n) is 2.63. The number of aliphatic hydroxyl groups excluding tert-OH is 1. The normalized spacial score (nSPS) is 11.7. The summed E-state index contributed by atoms with van der Waals surface area (Å²) in [4.78, 5) is 0.202. The van der Waals surface area contributed by atoms with Crippen molar-refractivity contribution in [1.29, 1.82) is 0 Å². The Labute approximate surface area is 116 Å². The first-order valence-electron chi connectivity index (χ1n) is 5.86. The smallest absolute Gasteiger partial charge is 0.180 e. The number of unbranched alkanes of at least 4 members (excludes halogenated alkanes) is 3. The molecule has 0 spiro atoms. The highest BCUT2D eigenvalue weighted by Gasteiger charge is 2.17. The SMILES string of the molecule is Nc1cc(Br)ccc1S(=O)(=O)CCCCCCO. The van der Waals surface area contributed by atoms with Gasteiger partial charge in [0.05, 0.1) is 16.3 Å². The topological polar surface area (TPSA) is 80.4 Å². The molecule has 6 heteroatoms. The van der Waals surface area contributed by atoms with E-state index in [-0.39, 0.29) is 22.9 Å². The van der Waals surface area contributed by atoms with E-state index in [0.717, 1.165) is 23.7 Å². The number of sulfone groups is 1. The van der Waals surface area contributed by atoms with Crippen LogP contribution < -0.4 is 5.73 Å². The van der Waals surface area contributed by atoms with Gasteiger partial charge in [-0.3, -0.25) is 0 Å². The maximum atomic E-state index is 12.1. The summed E-state index contributed by atoms with van der Waals surface area (Å²) in [6.45, 7) is 0.159. The van der Waals surface area contributed by atoms with Crippen LogP contribution in [0.15, 0.2) is 27.6 Å². The highest BCUT2D eigenvalue weighted by Crippen LogP contribution is 2.24. The lowest BCUT2D eigenvalue weighted by molar-refractivity contribution is 0.283. The van der Waals surface area contributed by atoms with Gasteiger partial charge in [0, 0.05) is 11.1 Å². The molecule has 1 aromatic rings. The van der Waals surface area contributed by atoms with Gasteiger partial charge in [0.1, 0.15) is 0 Å². The summed E-state index contributed by atoms with van der Waals surface area (Å²) in [6.07, 6.45) is 2.97. The molecule has 0 saturated carbocycles. The molecular weight excluding hydrogens is 318 g/mol. The Morgan fingerprint density at radius 3 is 2.44 bits per heavy atom. The lowest BCUT2D eigenvalue weighted by Gasteiger charge is -2.07. The fraction of sp³-hybridized carbons (Fsp3) is 0.500. The molecule has 0 aliphatic heterocycles. The summed E-state index contributed by atoms with van der Waals surface area (Å²) in [5.41, 5.74) is 5.99. The van der Waals surface area contributed by atoms with Crippen LogP contribution in [-0.4, -0.2) is 25.9 Å². The monoisotopic (exact) mass is 335 g/mol. The largest absolute Gasteiger partial charge is 0.398 e. The van der Waals surface area contributed by atoms with Crippen molar-refractivity contribution in [2.75, 3.05) is 18.1 Å². The van der Waals surface area contributed by atoms with Crippen LogP contribution in [-0.2, 0) is 9.84 Å². The maximum absolute atomic E-state index is 12.1. The van der Waals surface area contributed by atoms with Gasteiger partial charge in [0.25, 0.3) is 0 Å². The molecule has 0 saturated heterocycles. The molecule has 3 N–H and O–H groups in total. The van der Waals surface area contributed by atoms with Gasteiger partial charge in [0.2, 0.25) is 0 Å². The summed E-state index contributed by atoms with van der Waals surface area (Å²) in [5, 5.41) is 8.63. The number of aliphatic hydroxyl groups is 1. The van der Waals surface area contributed by atoms with Crippen molar-refractivity contribution in [3.05, 3.63) is 22.7 Å². The number of benzene rings is 1. The third kappa shape index (κ3) is 4.59. The van der Waals surface area contributed by atoms with Crippen LogP contribution in [0.2, 0.25) is 0 Å². The highest BCUT2D eigenvalue weighted by molar-refractivity contribution is 9.10. The second-order valence-electron chi connectivity index (χ2n) is 4.14. The molecule has 0 aliphatic carbocycles. The summed E-state index contributed by atoms with van der Waals surface area (Å²) in [7, 11) is -3.30. The van der Waals surface area contributed by atoms with Gasteiger partial charge in [-0.1, -0.05) is 28.8 Å². The predicted octanol–water partition coefficient (Wildman–Crippen LogP) is 2.36. The summed E-state index contributed by atoms with van der Waals surface area (Å²) in [5.74, 6) is 0.101. The van der Waals surface area contributed by atoms with E-state index in [1.54, 1.807) is 12.1 Å². The van der Waals surface area contributed by atoms with E-state index in [1.165, 1.54) is 6.07 Å². The summed E-state index contributed by atoms with van der Waals surface area (Å²) in [6, 6.07) is 4.80. The Kier molecular flexibility index (Phi) is 6.11. The van der Waals surface area contributed by atoms with E-state index < -0.39 is 9.84 Å². The first kappa shape index (κ1) is 15.5. The molecule has 18 heavy (non-hydrogen) atoms. The van der Waals surface area contributed by atoms with Crippen LogP contribution in [0.4, 0.5) is 5.69 Å². The van der Waals surface area contributed by atoms with Crippen molar-refractivity contribution in [3.8, 4) is 0 Å². The number of hydrogen-bond donors (Lipinski definition) is 2. The lowest BCUT2D eigenvalue weighted by atomic mass is 10.2. The third-order valence-corrected chi connectivity index (χ3v) is 4.99. The number of nitrogens with two attached hydrogens (primary N) is 1.